The number of fused-ring (bicyclic) bond motifs is 1. The van der Waals surface area contributed by atoms with E-state index in [1.807, 2.05) is 64.5 Å². The minimum Gasteiger partial charge on any atom is -0.528 e. The molecule has 46 heavy (non-hydrogen) atoms. The summed E-state index contributed by atoms with van der Waals surface area (Å²) in [5, 5.41) is 30.2. The summed E-state index contributed by atoms with van der Waals surface area (Å²) in [5.41, 5.74) is 4.26. The minimum absolute atomic E-state index is 0. The SMILES string of the molecule is CCCc1c(Cc2ccc(-c3ccccc3-c3noc([O-])n3)cc2)c(=O)n(C2CCC(OCC(C)(C)O)CC2)c2nc(C)nn12.[K+]. The van der Waals surface area contributed by atoms with Crippen LogP contribution in [0.2, 0.25) is 0 Å². The van der Waals surface area contributed by atoms with Crippen molar-refractivity contribution >= 4 is 5.78 Å². The summed E-state index contributed by atoms with van der Waals surface area (Å²) in [4.78, 5) is 23.0. The van der Waals surface area contributed by atoms with Gasteiger partial charge in [-0.2, -0.15) is 15.2 Å². The van der Waals surface area contributed by atoms with Gasteiger partial charge in [0.1, 0.15) is 5.82 Å². The van der Waals surface area contributed by atoms with E-state index in [0.29, 0.717) is 30.0 Å². The van der Waals surface area contributed by atoms with Crippen molar-refractivity contribution in [3.8, 4) is 28.6 Å². The number of aryl methyl sites for hydroxylation is 2. The second-order valence-electron chi connectivity index (χ2n) is 12.6. The van der Waals surface area contributed by atoms with Gasteiger partial charge in [0.15, 0.2) is 11.9 Å². The third-order valence-corrected chi connectivity index (χ3v) is 8.38. The van der Waals surface area contributed by atoms with Gasteiger partial charge in [0, 0.05) is 23.6 Å². The first-order valence-electron chi connectivity index (χ1n) is 15.6. The summed E-state index contributed by atoms with van der Waals surface area (Å²) in [6, 6.07) is 15.7. The standard InChI is InChI=1S/C34H40N6O5.K/c1-5-8-29-28(19-22-11-13-23(14-12-22)26-9-6-7-10-27(26)30-36-33(42)45-38-30)31(41)39(32-35-21(2)37-40(29)32)24-15-17-25(18-16-24)44-20-34(3,4)43;/h6-7,9-14,24-25,43H,5,8,15-20H2,1-4H3,(H,36,38,42);/q;+1/p-1. The van der Waals surface area contributed by atoms with Crippen LogP contribution in [0.3, 0.4) is 0 Å². The van der Waals surface area contributed by atoms with E-state index in [0.717, 1.165) is 60.1 Å². The van der Waals surface area contributed by atoms with Crippen LogP contribution in [0, 0.1) is 6.92 Å². The molecule has 1 N–H and O–H groups in total. The van der Waals surface area contributed by atoms with Crippen LogP contribution >= 0.6 is 0 Å². The Balaban J connectivity index is 0.00000417. The zero-order chi connectivity index (χ0) is 31.7. The number of hydrogen-bond donors (Lipinski definition) is 1. The van der Waals surface area contributed by atoms with E-state index in [2.05, 4.69) is 21.6 Å². The molecule has 5 aromatic rings. The van der Waals surface area contributed by atoms with Crippen molar-refractivity contribution in [2.24, 2.45) is 0 Å². The third-order valence-electron chi connectivity index (χ3n) is 8.38. The molecule has 0 saturated heterocycles. The summed E-state index contributed by atoms with van der Waals surface area (Å²) < 4.78 is 14.4. The van der Waals surface area contributed by atoms with Crippen molar-refractivity contribution in [3.63, 3.8) is 0 Å². The Kier molecular flexibility index (Phi) is 11.0. The zero-order valence-electron chi connectivity index (χ0n) is 27.2. The fourth-order valence-corrected chi connectivity index (χ4v) is 6.28. The van der Waals surface area contributed by atoms with Gasteiger partial charge in [0.2, 0.25) is 5.78 Å². The normalized spacial score (nSPS) is 16.9. The summed E-state index contributed by atoms with van der Waals surface area (Å²) in [5.74, 6) is 1.48. The second kappa shape index (κ2) is 14.6. The fraction of sp³-hybridized carbons (Fsp3) is 0.441. The number of benzene rings is 2. The van der Waals surface area contributed by atoms with Gasteiger partial charge in [-0.15, -0.1) is 0 Å². The maximum atomic E-state index is 14.4. The minimum atomic E-state index is -0.874. The maximum absolute atomic E-state index is 14.4. The van der Waals surface area contributed by atoms with Crippen molar-refractivity contribution in [3.05, 3.63) is 81.5 Å². The molecular weight excluding hydrogens is 612 g/mol. The Morgan fingerprint density at radius 2 is 1.74 bits per heavy atom. The van der Waals surface area contributed by atoms with Gasteiger partial charge in [0.05, 0.1) is 24.0 Å². The second-order valence-corrected chi connectivity index (χ2v) is 12.6. The van der Waals surface area contributed by atoms with E-state index < -0.39 is 11.7 Å². The Hall–Kier alpha value is -2.71. The predicted molar refractivity (Wildman–Crippen MR) is 167 cm³/mol. The molecule has 0 atom stereocenters. The predicted octanol–water partition coefficient (Wildman–Crippen LogP) is 1.81. The van der Waals surface area contributed by atoms with E-state index in [4.69, 9.17) is 14.8 Å². The van der Waals surface area contributed by atoms with E-state index in [1.165, 1.54) is 0 Å². The first-order valence-corrected chi connectivity index (χ1v) is 15.6. The van der Waals surface area contributed by atoms with Gasteiger partial charge in [-0.1, -0.05) is 61.9 Å². The third kappa shape index (κ3) is 7.54. The number of nitrogens with zero attached hydrogens (tertiary/aromatic N) is 6. The van der Waals surface area contributed by atoms with Gasteiger partial charge < -0.3 is 19.5 Å². The molecule has 12 heteroatoms. The van der Waals surface area contributed by atoms with Crippen LogP contribution < -0.4 is 62.1 Å². The van der Waals surface area contributed by atoms with Gasteiger partial charge in [-0.05, 0) is 69.6 Å². The van der Waals surface area contributed by atoms with Crippen LogP contribution in [0.5, 0.6) is 6.08 Å². The summed E-state index contributed by atoms with van der Waals surface area (Å²) in [6.07, 6.45) is 4.55. The van der Waals surface area contributed by atoms with Crippen molar-refractivity contribution in [1.29, 1.82) is 0 Å². The molecule has 0 unspecified atom stereocenters. The average molecular weight is 651 g/mol. The Morgan fingerprint density at radius 3 is 2.37 bits per heavy atom. The number of aromatic nitrogens is 6. The molecule has 1 fully saturated rings. The molecule has 0 spiro atoms. The number of aliphatic hydroxyl groups is 1. The maximum Gasteiger partial charge on any atom is 1.00 e. The Bertz CT molecular complexity index is 1850. The van der Waals surface area contributed by atoms with E-state index in [-0.39, 0.29) is 81.5 Å². The van der Waals surface area contributed by atoms with E-state index >= 15 is 0 Å². The van der Waals surface area contributed by atoms with Gasteiger partial charge >= 0.3 is 51.4 Å². The Labute approximate surface area is 310 Å². The molecule has 0 amide bonds. The molecule has 0 bridgehead atoms. The van der Waals surface area contributed by atoms with Crippen molar-refractivity contribution in [1.82, 2.24) is 29.3 Å². The molecule has 1 aliphatic carbocycles. The largest absolute Gasteiger partial charge is 1.00 e. The van der Waals surface area contributed by atoms with Crippen LogP contribution in [0.15, 0.2) is 57.8 Å². The van der Waals surface area contributed by atoms with Crippen LogP contribution in [0.4, 0.5) is 0 Å². The summed E-state index contributed by atoms with van der Waals surface area (Å²) in [6.45, 7) is 7.74. The molecule has 236 valence electrons. The van der Waals surface area contributed by atoms with Crippen molar-refractivity contribution < 1.29 is 70.9 Å². The van der Waals surface area contributed by atoms with Gasteiger partial charge in [0.25, 0.3) is 5.56 Å². The van der Waals surface area contributed by atoms with E-state index in [9.17, 15) is 15.0 Å². The molecule has 0 aliphatic heterocycles. The van der Waals surface area contributed by atoms with Gasteiger partial charge in [-0.25, -0.2) is 9.50 Å². The first-order chi connectivity index (χ1) is 21.6. The van der Waals surface area contributed by atoms with Crippen LogP contribution in [0.1, 0.15) is 81.6 Å². The molecule has 1 aliphatic rings. The van der Waals surface area contributed by atoms with Crippen molar-refractivity contribution in [2.75, 3.05) is 6.61 Å². The molecule has 1 saturated carbocycles. The Morgan fingerprint density at radius 1 is 1.04 bits per heavy atom. The summed E-state index contributed by atoms with van der Waals surface area (Å²) >= 11 is 0. The number of rotatable bonds is 10. The number of ether oxygens (including phenoxy) is 1. The first kappa shape index (κ1) is 34.6. The van der Waals surface area contributed by atoms with Gasteiger partial charge in [-0.3, -0.25) is 9.36 Å². The van der Waals surface area contributed by atoms with Crippen LogP contribution in [-0.4, -0.2) is 52.7 Å². The molecule has 11 nitrogen and oxygen atoms in total. The zero-order valence-corrected chi connectivity index (χ0v) is 30.3. The summed E-state index contributed by atoms with van der Waals surface area (Å²) in [7, 11) is 0. The fourth-order valence-electron chi connectivity index (χ4n) is 6.28. The van der Waals surface area contributed by atoms with E-state index in [1.54, 1.807) is 13.8 Å². The van der Waals surface area contributed by atoms with Crippen LogP contribution in [-0.2, 0) is 17.6 Å². The molecule has 6 rings (SSSR count). The molecular formula is C34H39KN6O5. The smallest absolute Gasteiger partial charge is 0.528 e. The molecule has 3 heterocycles. The molecule has 0 radical (unpaired) electrons. The van der Waals surface area contributed by atoms with Crippen molar-refractivity contribution in [2.45, 2.75) is 90.4 Å². The average Bonchev–Trinajstić information content (AvgIpc) is 3.63. The van der Waals surface area contributed by atoms with Crippen LogP contribution in [0.25, 0.3) is 28.3 Å². The number of hydrogen-bond acceptors (Lipinski definition) is 9. The quantitative estimate of drug-likeness (QED) is 0.224. The molecule has 3 aromatic heterocycles. The topological polar surface area (TPSA) is 144 Å². The molecule has 2 aromatic carbocycles. The monoisotopic (exact) mass is 650 g/mol.